The molecule has 0 saturated heterocycles. The Kier molecular flexibility index (Phi) is 5.54. The van der Waals surface area contributed by atoms with Gasteiger partial charge in [-0.25, -0.2) is 4.39 Å². The van der Waals surface area contributed by atoms with Crippen LogP contribution < -0.4 is 10.9 Å². The fraction of sp³-hybridized carbons (Fsp3) is 0.238. The quantitative estimate of drug-likeness (QED) is 0.481. The molecule has 4 aromatic rings. The van der Waals surface area contributed by atoms with Gasteiger partial charge in [0.05, 0.1) is 23.2 Å². The number of benzene rings is 2. The molecular weight excluding hydrogens is 405 g/mol. The maximum absolute atomic E-state index is 13.3. The third kappa shape index (κ3) is 3.93. The minimum absolute atomic E-state index is 0.0509. The van der Waals surface area contributed by atoms with E-state index in [2.05, 4.69) is 15.5 Å². The Morgan fingerprint density at radius 2 is 1.87 bits per heavy atom. The lowest BCUT2D eigenvalue weighted by Crippen LogP contribution is -2.31. The van der Waals surface area contributed by atoms with Gasteiger partial charge in [-0.05, 0) is 43.7 Å². The molecule has 0 spiro atoms. The van der Waals surface area contributed by atoms with Gasteiger partial charge in [-0.1, -0.05) is 36.0 Å². The van der Waals surface area contributed by atoms with Gasteiger partial charge in [-0.2, -0.15) is 0 Å². The van der Waals surface area contributed by atoms with Gasteiger partial charge in [0, 0.05) is 6.04 Å². The van der Waals surface area contributed by atoms with Crippen LogP contribution in [-0.4, -0.2) is 36.9 Å². The van der Waals surface area contributed by atoms with Gasteiger partial charge in [0.25, 0.3) is 5.56 Å². The van der Waals surface area contributed by atoms with E-state index in [4.69, 9.17) is 0 Å². The molecule has 7 nitrogen and oxygen atoms in total. The first-order valence-corrected chi connectivity index (χ1v) is 10.5. The number of hydrogen-bond acceptors (Lipinski definition) is 5. The molecule has 0 radical (unpaired) electrons. The number of rotatable bonds is 6. The van der Waals surface area contributed by atoms with E-state index in [1.165, 1.54) is 28.5 Å². The molecule has 0 bridgehead atoms. The van der Waals surface area contributed by atoms with Gasteiger partial charge in [0.15, 0.2) is 5.16 Å². The number of hydrogen-bond donors (Lipinski definition) is 1. The highest BCUT2D eigenvalue weighted by Gasteiger charge is 2.18. The number of carbonyl (C=O) groups excluding carboxylic acids is 1. The van der Waals surface area contributed by atoms with E-state index >= 15 is 0 Å². The molecule has 30 heavy (non-hydrogen) atoms. The highest BCUT2D eigenvalue weighted by atomic mass is 32.2. The molecule has 2 heterocycles. The molecule has 0 aliphatic heterocycles. The van der Waals surface area contributed by atoms with Crippen LogP contribution in [0.3, 0.4) is 0 Å². The summed E-state index contributed by atoms with van der Waals surface area (Å²) < 4.78 is 16.6. The smallest absolute Gasteiger partial charge is 0.263 e. The number of thioether (sulfide) groups is 1. The van der Waals surface area contributed by atoms with Crippen LogP contribution in [0, 0.1) is 5.82 Å². The molecule has 0 atom stereocenters. The highest BCUT2D eigenvalue weighted by molar-refractivity contribution is 7.99. The minimum Gasteiger partial charge on any atom is -0.353 e. The highest BCUT2D eigenvalue weighted by Crippen LogP contribution is 2.22. The summed E-state index contributed by atoms with van der Waals surface area (Å²) in [7, 11) is 0. The summed E-state index contributed by atoms with van der Waals surface area (Å²) in [5.74, 6) is 0.116. The summed E-state index contributed by atoms with van der Waals surface area (Å²) in [6.07, 6.45) is 0. The third-order valence-corrected chi connectivity index (χ3v) is 5.44. The van der Waals surface area contributed by atoms with Crippen molar-refractivity contribution in [1.82, 2.24) is 24.5 Å². The molecule has 2 aromatic heterocycles. The maximum atomic E-state index is 13.3. The lowest BCUT2D eigenvalue weighted by atomic mass is 10.2. The van der Waals surface area contributed by atoms with E-state index in [-0.39, 0.29) is 35.6 Å². The summed E-state index contributed by atoms with van der Waals surface area (Å²) in [6, 6.07) is 13.2. The van der Waals surface area contributed by atoms with Crippen molar-refractivity contribution in [1.29, 1.82) is 0 Å². The Morgan fingerprint density at radius 1 is 1.13 bits per heavy atom. The normalized spacial score (nSPS) is 11.5. The number of nitrogens with zero attached hydrogens (tertiary/aromatic N) is 4. The summed E-state index contributed by atoms with van der Waals surface area (Å²) >= 11 is 1.26. The second-order valence-corrected chi connectivity index (χ2v) is 8.11. The lowest BCUT2D eigenvalue weighted by molar-refractivity contribution is -0.119. The molecule has 1 N–H and O–H groups in total. The van der Waals surface area contributed by atoms with E-state index in [1.807, 2.05) is 26.0 Å². The Balaban J connectivity index is 1.81. The zero-order valence-corrected chi connectivity index (χ0v) is 17.3. The number of fused-ring (bicyclic) bond motifs is 3. The van der Waals surface area contributed by atoms with Crippen LogP contribution in [0.25, 0.3) is 16.7 Å². The van der Waals surface area contributed by atoms with Crippen LogP contribution in [0.1, 0.15) is 19.4 Å². The van der Waals surface area contributed by atoms with Crippen LogP contribution in [0.4, 0.5) is 4.39 Å². The predicted octanol–water partition coefficient (Wildman–Crippen LogP) is 2.85. The average molecular weight is 425 g/mol. The zero-order valence-electron chi connectivity index (χ0n) is 16.5. The maximum Gasteiger partial charge on any atom is 0.263 e. The number of halogens is 1. The van der Waals surface area contributed by atoms with E-state index in [0.29, 0.717) is 21.8 Å². The lowest BCUT2D eigenvalue weighted by Gasteiger charge is -2.12. The van der Waals surface area contributed by atoms with Gasteiger partial charge in [0.1, 0.15) is 5.82 Å². The van der Waals surface area contributed by atoms with Gasteiger partial charge in [0.2, 0.25) is 11.7 Å². The van der Waals surface area contributed by atoms with Crippen molar-refractivity contribution in [2.24, 2.45) is 0 Å². The van der Waals surface area contributed by atoms with Gasteiger partial charge in [-0.3, -0.25) is 18.6 Å². The molecule has 0 aliphatic rings. The molecule has 2 aromatic carbocycles. The number of amides is 1. The topological polar surface area (TPSA) is 81.3 Å². The fourth-order valence-corrected chi connectivity index (χ4v) is 3.99. The number of para-hydroxylation sites is 1. The minimum atomic E-state index is -0.337. The molecule has 0 fully saturated rings. The molecular formula is C21H20FN5O2S. The van der Waals surface area contributed by atoms with Crippen LogP contribution in [0.5, 0.6) is 0 Å². The van der Waals surface area contributed by atoms with Crippen LogP contribution >= 0.6 is 11.8 Å². The SMILES string of the molecule is CC(C)NC(=O)CSc1nnc2n(Cc3ccc(F)cc3)c(=O)c3ccccc3n12. The van der Waals surface area contributed by atoms with Crippen molar-refractivity contribution < 1.29 is 9.18 Å². The first kappa shape index (κ1) is 20.1. The van der Waals surface area contributed by atoms with E-state index in [9.17, 15) is 14.0 Å². The molecule has 154 valence electrons. The monoisotopic (exact) mass is 425 g/mol. The number of nitrogens with one attached hydrogen (secondary N) is 1. The van der Waals surface area contributed by atoms with Crippen LogP contribution in [0.15, 0.2) is 58.5 Å². The summed E-state index contributed by atoms with van der Waals surface area (Å²) in [5, 5.41) is 12.3. The van der Waals surface area contributed by atoms with Crippen molar-refractivity contribution in [2.75, 3.05) is 5.75 Å². The van der Waals surface area contributed by atoms with Gasteiger partial charge in [-0.15, -0.1) is 10.2 Å². The van der Waals surface area contributed by atoms with E-state index < -0.39 is 0 Å². The molecule has 0 saturated carbocycles. The van der Waals surface area contributed by atoms with Crippen LogP contribution in [-0.2, 0) is 11.3 Å². The molecule has 4 rings (SSSR count). The Bertz CT molecular complexity index is 1280. The number of aromatic nitrogens is 4. The Morgan fingerprint density at radius 3 is 2.60 bits per heavy atom. The first-order valence-electron chi connectivity index (χ1n) is 9.47. The molecule has 0 unspecified atom stereocenters. The van der Waals surface area contributed by atoms with Crippen molar-refractivity contribution in [3.63, 3.8) is 0 Å². The van der Waals surface area contributed by atoms with Gasteiger partial charge >= 0.3 is 0 Å². The summed E-state index contributed by atoms with van der Waals surface area (Å²) in [6.45, 7) is 4.03. The van der Waals surface area contributed by atoms with Crippen molar-refractivity contribution in [3.8, 4) is 0 Å². The second-order valence-electron chi connectivity index (χ2n) is 7.16. The number of carbonyl (C=O) groups is 1. The largest absolute Gasteiger partial charge is 0.353 e. The molecule has 9 heteroatoms. The van der Waals surface area contributed by atoms with Crippen LogP contribution in [0.2, 0.25) is 0 Å². The summed E-state index contributed by atoms with van der Waals surface area (Å²) in [5.41, 5.74) is 1.23. The average Bonchev–Trinajstić information content (AvgIpc) is 3.14. The zero-order chi connectivity index (χ0) is 21.3. The first-order chi connectivity index (χ1) is 14.4. The third-order valence-electron chi connectivity index (χ3n) is 4.51. The van der Waals surface area contributed by atoms with Gasteiger partial charge < -0.3 is 5.32 Å². The fourth-order valence-electron chi connectivity index (χ4n) is 3.24. The van der Waals surface area contributed by atoms with Crippen molar-refractivity contribution in [3.05, 3.63) is 70.3 Å². The molecule has 1 amide bonds. The Hall–Kier alpha value is -3.20. The summed E-state index contributed by atoms with van der Waals surface area (Å²) in [4.78, 5) is 25.2. The van der Waals surface area contributed by atoms with Crippen molar-refractivity contribution >= 4 is 34.3 Å². The molecule has 0 aliphatic carbocycles. The van der Waals surface area contributed by atoms with E-state index in [0.717, 1.165) is 5.56 Å². The predicted molar refractivity (Wildman–Crippen MR) is 114 cm³/mol. The standard InChI is InChI=1S/C21H20FN5O2S/c1-13(2)23-18(28)12-30-21-25-24-20-26(11-14-7-9-15(22)10-8-14)19(29)16-5-3-4-6-17(16)27(20)21/h3-10,13H,11-12H2,1-2H3,(H,23,28). The Labute approximate surface area is 175 Å². The van der Waals surface area contributed by atoms with Crippen molar-refractivity contribution in [2.45, 2.75) is 31.6 Å². The van der Waals surface area contributed by atoms with E-state index in [1.54, 1.807) is 28.7 Å². The second kappa shape index (κ2) is 8.27.